The van der Waals surface area contributed by atoms with Gasteiger partial charge in [-0.3, -0.25) is 14.9 Å². The molecular weight excluding hydrogens is 368 g/mol. The van der Waals surface area contributed by atoms with E-state index in [9.17, 15) is 19.7 Å². The molecule has 0 bridgehead atoms. The second-order valence-corrected chi connectivity index (χ2v) is 5.73. The molecule has 9 nitrogen and oxygen atoms in total. The number of nitro benzene ring substituents is 1. The third-order valence-corrected chi connectivity index (χ3v) is 3.88. The van der Waals surface area contributed by atoms with Gasteiger partial charge in [0.2, 0.25) is 0 Å². The van der Waals surface area contributed by atoms with Crippen LogP contribution in [0.15, 0.2) is 42.5 Å². The van der Waals surface area contributed by atoms with Crippen molar-refractivity contribution in [2.75, 3.05) is 14.2 Å². The quantitative estimate of drug-likeness (QED) is 0.419. The Bertz CT molecular complexity index is 868. The van der Waals surface area contributed by atoms with Gasteiger partial charge in [0.25, 0.3) is 11.6 Å². The fourth-order valence-corrected chi connectivity index (χ4v) is 2.39. The molecule has 2 aromatic rings. The van der Waals surface area contributed by atoms with Crippen LogP contribution in [0.3, 0.4) is 0 Å². The number of amides is 1. The summed E-state index contributed by atoms with van der Waals surface area (Å²) in [7, 11) is 2.65. The zero-order valence-corrected chi connectivity index (χ0v) is 15.6. The van der Waals surface area contributed by atoms with E-state index in [2.05, 4.69) is 5.32 Å². The number of methoxy groups -OCH3 is 2. The third kappa shape index (κ3) is 4.97. The molecule has 1 atom stereocenters. The first kappa shape index (κ1) is 20.7. The first-order valence-electron chi connectivity index (χ1n) is 8.30. The van der Waals surface area contributed by atoms with Gasteiger partial charge in [0.05, 0.1) is 25.2 Å². The molecule has 1 unspecified atom stereocenters. The Morgan fingerprint density at radius 1 is 1.11 bits per heavy atom. The molecule has 0 spiro atoms. The van der Waals surface area contributed by atoms with Crippen molar-refractivity contribution in [1.82, 2.24) is 5.32 Å². The topological polar surface area (TPSA) is 117 Å². The molecule has 148 valence electrons. The maximum absolute atomic E-state index is 12.4. The lowest BCUT2D eigenvalue weighted by Gasteiger charge is -2.15. The summed E-state index contributed by atoms with van der Waals surface area (Å²) in [5, 5.41) is 13.9. The molecule has 0 aliphatic rings. The van der Waals surface area contributed by atoms with Crippen molar-refractivity contribution in [3.05, 3.63) is 63.7 Å². The highest BCUT2D eigenvalue weighted by atomic mass is 16.6. The van der Waals surface area contributed by atoms with Crippen molar-refractivity contribution in [3.63, 3.8) is 0 Å². The molecule has 0 heterocycles. The maximum Gasteiger partial charge on any atom is 0.346 e. The molecule has 28 heavy (non-hydrogen) atoms. The summed E-state index contributed by atoms with van der Waals surface area (Å²) < 4.78 is 15.2. The average molecular weight is 388 g/mol. The predicted octanol–water partition coefficient (Wildman–Crippen LogP) is 2.47. The smallest absolute Gasteiger partial charge is 0.346 e. The van der Waals surface area contributed by atoms with Gasteiger partial charge in [-0.2, -0.15) is 0 Å². The van der Waals surface area contributed by atoms with Crippen LogP contribution in [0.5, 0.6) is 11.5 Å². The molecule has 1 N–H and O–H groups in total. The minimum Gasteiger partial charge on any atom is -0.493 e. The molecule has 0 aliphatic carbocycles. The van der Waals surface area contributed by atoms with Gasteiger partial charge in [0, 0.05) is 12.6 Å². The molecular formula is C19H20N2O7. The monoisotopic (exact) mass is 388 g/mol. The van der Waals surface area contributed by atoms with Gasteiger partial charge in [0.1, 0.15) is 5.56 Å². The van der Waals surface area contributed by atoms with Gasteiger partial charge < -0.3 is 19.5 Å². The summed E-state index contributed by atoms with van der Waals surface area (Å²) in [4.78, 5) is 35.1. The zero-order valence-electron chi connectivity index (χ0n) is 15.6. The SMILES string of the molecule is COc1cc(C(=O)OC(C)C(=O)NCc2ccccc2)c([N+](=O)[O-])cc1OC. The van der Waals surface area contributed by atoms with Crippen LogP contribution in [-0.4, -0.2) is 37.1 Å². The number of hydrogen-bond donors (Lipinski definition) is 1. The Labute approximate surface area is 161 Å². The lowest BCUT2D eigenvalue weighted by Crippen LogP contribution is -2.35. The fraction of sp³-hybridized carbons (Fsp3) is 0.263. The van der Waals surface area contributed by atoms with Crippen LogP contribution in [0.2, 0.25) is 0 Å². The normalized spacial score (nSPS) is 11.2. The summed E-state index contributed by atoms with van der Waals surface area (Å²) in [6, 6.07) is 11.4. The molecule has 0 radical (unpaired) electrons. The van der Waals surface area contributed by atoms with Crippen molar-refractivity contribution in [2.45, 2.75) is 19.6 Å². The van der Waals surface area contributed by atoms with E-state index in [-0.39, 0.29) is 23.6 Å². The number of ether oxygens (including phenoxy) is 3. The Morgan fingerprint density at radius 3 is 2.29 bits per heavy atom. The number of hydrogen-bond acceptors (Lipinski definition) is 7. The van der Waals surface area contributed by atoms with E-state index >= 15 is 0 Å². The van der Waals surface area contributed by atoms with Crippen LogP contribution >= 0.6 is 0 Å². The second-order valence-electron chi connectivity index (χ2n) is 5.73. The molecule has 2 rings (SSSR count). The van der Waals surface area contributed by atoms with E-state index < -0.39 is 28.6 Å². The van der Waals surface area contributed by atoms with Crippen LogP contribution in [0.4, 0.5) is 5.69 Å². The highest BCUT2D eigenvalue weighted by molar-refractivity contribution is 5.96. The molecule has 0 saturated carbocycles. The number of rotatable bonds is 8. The number of carbonyl (C=O) groups excluding carboxylic acids is 2. The van der Waals surface area contributed by atoms with Crippen molar-refractivity contribution in [1.29, 1.82) is 0 Å². The van der Waals surface area contributed by atoms with Crippen LogP contribution < -0.4 is 14.8 Å². The van der Waals surface area contributed by atoms with E-state index in [0.717, 1.165) is 17.7 Å². The summed E-state index contributed by atoms with van der Waals surface area (Å²) in [6.07, 6.45) is -1.15. The van der Waals surface area contributed by atoms with Gasteiger partial charge in [-0.25, -0.2) is 4.79 Å². The molecule has 0 aromatic heterocycles. The lowest BCUT2D eigenvalue weighted by molar-refractivity contribution is -0.385. The summed E-state index contributed by atoms with van der Waals surface area (Å²) in [5.74, 6) is -1.32. The number of nitrogens with zero attached hydrogens (tertiary/aromatic N) is 1. The van der Waals surface area contributed by atoms with Gasteiger partial charge in [-0.05, 0) is 12.5 Å². The zero-order chi connectivity index (χ0) is 20.7. The number of carbonyl (C=O) groups is 2. The first-order chi connectivity index (χ1) is 13.4. The van der Waals surface area contributed by atoms with E-state index in [1.165, 1.54) is 21.1 Å². The predicted molar refractivity (Wildman–Crippen MR) is 99.4 cm³/mol. The minimum absolute atomic E-state index is 0.0967. The van der Waals surface area contributed by atoms with Gasteiger partial charge in [-0.1, -0.05) is 30.3 Å². The lowest BCUT2D eigenvalue weighted by atomic mass is 10.1. The fourth-order valence-electron chi connectivity index (χ4n) is 2.39. The molecule has 0 fully saturated rings. The molecule has 9 heteroatoms. The number of benzene rings is 2. The van der Waals surface area contributed by atoms with Crippen LogP contribution in [-0.2, 0) is 16.1 Å². The van der Waals surface area contributed by atoms with Crippen molar-refractivity contribution >= 4 is 17.6 Å². The standard InChI is InChI=1S/C19H20N2O7/c1-12(18(22)20-11-13-7-5-4-6-8-13)28-19(23)14-9-16(26-2)17(27-3)10-15(14)21(24)25/h4-10,12H,11H2,1-3H3,(H,20,22). The minimum atomic E-state index is -1.15. The summed E-state index contributed by atoms with van der Waals surface area (Å²) in [5.41, 5.74) is 0.0230. The first-order valence-corrected chi connectivity index (χ1v) is 8.30. The van der Waals surface area contributed by atoms with Crippen molar-refractivity contribution < 1.29 is 28.7 Å². The summed E-state index contributed by atoms with van der Waals surface area (Å²) in [6.45, 7) is 1.64. The van der Waals surface area contributed by atoms with Gasteiger partial charge in [-0.15, -0.1) is 0 Å². The Morgan fingerprint density at radius 2 is 1.71 bits per heavy atom. The highest BCUT2D eigenvalue weighted by Gasteiger charge is 2.28. The Hall–Kier alpha value is -3.62. The second kappa shape index (κ2) is 9.36. The number of esters is 1. The van der Waals surface area contributed by atoms with Crippen molar-refractivity contribution in [3.8, 4) is 11.5 Å². The van der Waals surface area contributed by atoms with Crippen LogP contribution in [0.25, 0.3) is 0 Å². The van der Waals surface area contributed by atoms with Crippen LogP contribution in [0.1, 0.15) is 22.8 Å². The molecule has 0 aliphatic heterocycles. The van der Waals surface area contributed by atoms with E-state index in [0.29, 0.717) is 0 Å². The summed E-state index contributed by atoms with van der Waals surface area (Å²) >= 11 is 0. The van der Waals surface area contributed by atoms with Crippen molar-refractivity contribution in [2.24, 2.45) is 0 Å². The Kier molecular flexibility index (Phi) is 6.91. The number of nitro groups is 1. The van der Waals surface area contributed by atoms with E-state index in [1.54, 1.807) is 0 Å². The largest absolute Gasteiger partial charge is 0.493 e. The van der Waals surface area contributed by atoms with E-state index in [4.69, 9.17) is 14.2 Å². The molecule has 1 amide bonds. The van der Waals surface area contributed by atoms with Gasteiger partial charge in [0.15, 0.2) is 17.6 Å². The highest BCUT2D eigenvalue weighted by Crippen LogP contribution is 2.34. The van der Waals surface area contributed by atoms with Gasteiger partial charge >= 0.3 is 5.97 Å². The number of nitrogens with one attached hydrogen (secondary N) is 1. The van der Waals surface area contributed by atoms with Crippen LogP contribution in [0, 0.1) is 10.1 Å². The third-order valence-electron chi connectivity index (χ3n) is 3.88. The maximum atomic E-state index is 12.4. The average Bonchev–Trinajstić information content (AvgIpc) is 2.71. The Balaban J connectivity index is 2.12. The molecule has 2 aromatic carbocycles. The molecule has 0 saturated heterocycles. The van der Waals surface area contributed by atoms with E-state index in [1.807, 2.05) is 30.3 Å².